The number of aryl methyl sites for hydroxylation is 1. The lowest BCUT2D eigenvalue weighted by molar-refractivity contribution is 0.0598. The molecular weight excluding hydrogens is 624 g/mol. The number of aromatic nitrogens is 4. The lowest BCUT2D eigenvalue weighted by Gasteiger charge is -2.22. The number of hydrogen-bond donors (Lipinski definition) is 3. The minimum atomic E-state index is -2.17. The molecule has 4 aromatic rings. The number of nitrogens with one attached hydrogen (secondary N) is 3. The van der Waals surface area contributed by atoms with E-state index in [4.69, 9.17) is 17.8 Å². The molecule has 3 N–H and O–H groups in total. The summed E-state index contributed by atoms with van der Waals surface area (Å²) in [5.41, 5.74) is 2.11. The number of H-pyrrole nitrogens is 1. The average Bonchev–Trinajstić information content (AvgIpc) is 3.59. The number of esters is 2. The van der Waals surface area contributed by atoms with Gasteiger partial charge in [-0.05, 0) is 36.8 Å². The first-order chi connectivity index (χ1) is 21.1. The zero-order valence-electron chi connectivity index (χ0n) is 26.2. The monoisotopic (exact) mass is 660 g/mol. The van der Waals surface area contributed by atoms with Crippen molar-refractivity contribution >= 4 is 45.8 Å². The number of nitrogens with zero attached hydrogens (tertiary/aromatic N) is 3. The third kappa shape index (κ3) is 8.06. The molecule has 0 saturated carbocycles. The predicted octanol–water partition coefficient (Wildman–Crippen LogP) is 3.83. The smallest absolute Gasteiger partial charge is 0.338 e. The number of hydrogen-bond acceptors (Lipinski definition) is 10. The molecule has 0 aliphatic carbocycles. The Hall–Kier alpha value is -4.28. The molecule has 0 saturated heterocycles. The van der Waals surface area contributed by atoms with Crippen LogP contribution in [0.5, 0.6) is 11.5 Å². The second-order valence-corrected chi connectivity index (χ2v) is 13.6. The van der Waals surface area contributed by atoms with Crippen LogP contribution in [0.2, 0.25) is 0 Å². The van der Waals surface area contributed by atoms with Crippen molar-refractivity contribution in [2.24, 2.45) is 0 Å². The van der Waals surface area contributed by atoms with Gasteiger partial charge in [0, 0.05) is 35.2 Å². The Morgan fingerprint density at radius 2 is 1.49 bits per heavy atom. The molecule has 16 heteroatoms. The van der Waals surface area contributed by atoms with Gasteiger partial charge in [-0.15, -0.1) is 10.2 Å². The maximum Gasteiger partial charge on any atom is 0.338 e. The molecule has 0 spiro atoms. The summed E-state index contributed by atoms with van der Waals surface area (Å²) in [7, 11) is 2.38. The number of fused-ring (bicyclic) bond motifs is 1. The molecule has 0 amide bonds. The van der Waals surface area contributed by atoms with E-state index in [0.717, 1.165) is 5.69 Å². The van der Waals surface area contributed by atoms with Gasteiger partial charge < -0.3 is 17.8 Å². The Labute approximate surface area is 265 Å². The van der Waals surface area contributed by atoms with Gasteiger partial charge in [-0.3, -0.25) is 9.82 Å². The first-order valence-electron chi connectivity index (χ1n) is 13.7. The van der Waals surface area contributed by atoms with Crippen LogP contribution < -0.4 is 17.8 Å². The van der Waals surface area contributed by atoms with Crippen LogP contribution in [-0.2, 0) is 42.8 Å². The normalized spacial score (nSPS) is 13.2. The first kappa shape index (κ1) is 33.6. The summed E-state index contributed by atoms with van der Waals surface area (Å²) in [6.45, 7) is 12.2. The summed E-state index contributed by atoms with van der Waals surface area (Å²) in [6, 6.07) is 10.6. The van der Waals surface area contributed by atoms with Crippen LogP contribution in [0.3, 0.4) is 0 Å². The second kappa shape index (κ2) is 13.4. The fraction of sp³-hybridized carbons (Fsp3) is 0.379. The van der Waals surface area contributed by atoms with Gasteiger partial charge in [0.25, 0.3) is 11.3 Å². The quantitative estimate of drug-likeness (QED) is 0.189. The summed E-state index contributed by atoms with van der Waals surface area (Å²) >= 11 is -4.10. The Kier molecular flexibility index (Phi) is 9.99. The standard InChI is InChI=1S/C29H36N6O8S2/c1-17-9-10-20(14-22(17)34-45(39)43-21-12-18(25(36)40-7)11-19(13-21)26(37)41-8)42-44(38)30-16-29(5,6)27-32-31-24-15-23(28(2,3)4)33-35(24)27/h9-15,30,33-34H,16H2,1-8H3. The Morgan fingerprint density at radius 3 is 2.09 bits per heavy atom. The summed E-state index contributed by atoms with van der Waals surface area (Å²) < 4.78 is 53.6. The molecule has 2 aromatic carbocycles. The minimum Gasteiger partial charge on any atom is -0.465 e. The SMILES string of the molecule is COC(=O)c1cc(OS(=O)Nc2cc(OS(=O)NCC(C)(C)c3nnc4cc(C(C)(C)C)[nH]n34)ccc2C)cc(C(=O)OC)c1. The Morgan fingerprint density at radius 1 is 0.867 bits per heavy atom. The lowest BCUT2D eigenvalue weighted by atomic mass is 9.93. The molecule has 242 valence electrons. The van der Waals surface area contributed by atoms with Gasteiger partial charge in [-0.25, -0.2) is 18.8 Å². The number of carbonyl (C=O) groups excluding carboxylic acids is 2. The van der Waals surface area contributed by atoms with Gasteiger partial charge in [-0.2, -0.15) is 8.42 Å². The van der Waals surface area contributed by atoms with Gasteiger partial charge in [0.2, 0.25) is 0 Å². The molecule has 0 aliphatic heterocycles. The van der Waals surface area contributed by atoms with Crippen molar-refractivity contribution in [3.63, 3.8) is 0 Å². The van der Waals surface area contributed by atoms with Crippen molar-refractivity contribution < 1.29 is 35.8 Å². The summed E-state index contributed by atoms with van der Waals surface area (Å²) in [5, 5.41) is 12.0. The highest BCUT2D eigenvalue weighted by Crippen LogP contribution is 2.27. The van der Waals surface area contributed by atoms with Crippen LogP contribution in [0.1, 0.15) is 72.4 Å². The highest BCUT2D eigenvalue weighted by molar-refractivity contribution is 7.82. The van der Waals surface area contributed by atoms with Gasteiger partial charge >= 0.3 is 23.2 Å². The van der Waals surface area contributed by atoms with Crippen molar-refractivity contribution in [2.75, 3.05) is 25.5 Å². The highest BCUT2D eigenvalue weighted by atomic mass is 32.2. The van der Waals surface area contributed by atoms with Crippen LogP contribution >= 0.6 is 0 Å². The van der Waals surface area contributed by atoms with E-state index in [9.17, 15) is 18.0 Å². The van der Waals surface area contributed by atoms with Crippen molar-refractivity contribution in [1.82, 2.24) is 24.5 Å². The van der Waals surface area contributed by atoms with Gasteiger partial charge in [0.1, 0.15) is 11.5 Å². The Bertz CT molecular complexity index is 1740. The second-order valence-electron chi connectivity index (χ2n) is 11.8. The third-order valence-corrected chi connectivity index (χ3v) is 8.19. The molecule has 2 aromatic heterocycles. The van der Waals surface area contributed by atoms with Crippen molar-refractivity contribution in [3.8, 4) is 11.5 Å². The van der Waals surface area contributed by atoms with E-state index in [2.05, 4.69) is 45.5 Å². The first-order valence-corrected chi connectivity index (χ1v) is 15.8. The maximum absolute atomic E-state index is 12.9. The molecule has 0 aliphatic rings. The Balaban J connectivity index is 1.41. The molecule has 0 bridgehead atoms. The van der Waals surface area contributed by atoms with E-state index in [1.165, 1.54) is 38.5 Å². The minimum absolute atomic E-state index is 0.00752. The van der Waals surface area contributed by atoms with Crippen LogP contribution in [0.4, 0.5) is 5.69 Å². The average molecular weight is 661 g/mol. The molecule has 0 fully saturated rings. The zero-order valence-corrected chi connectivity index (χ0v) is 27.8. The molecule has 2 atom stereocenters. The van der Waals surface area contributed by atoms with E-state index in [1.54, 1.807) is 19.1 Å². The largest absolute Gasteiger partial charge is 0.465 e. The number of carbonyl (C=O) groups is 2. The van der Waals surface area contributed by atoms with E-state index < -0.39 is 39.9 Å². The van der Waals surface area contributed by atoms with Gasteiger partial charge in [0.05, 0.1) is 31.0 Å². The fourth-order valence-corrected chi connectivity index (χ4v) is 5.65. The zero-order chi connectivity index (χ0) is 33.1. The summed E-state index contributed by atoms with van der Waals surface area (Å²) in [4.78, 5) is 24.1. The number of aromatic amines is 1. The van der Waals surface area contributed by atoms with E-state index >= 15 is 0 Å². The number of anilines is 1. The van der Waals surface area contributed by atoms with Crippen molar-refractivity contribution in [3.05, 3.63) is 70.7 Å². The van der Waals surface area contributed by atoms with Crippen LogP contribution in [0.25, 0.3) is 5.65 Å². The number of ether oxygens (including phenoxy) is 2. The van der Waals surface area contributed by atoms with Crippen molar-refractivity contribution in [2.45, 2.75) is 52.4 Å². The maximum atomic E-state index is 12.9. The van der Waals surface area contributed by atoms with Crippen LogP contribution in [0.15, 0.2) is 42.5 Å². The van der Waals surface area contributed by atoms with Gasteiger partial charge in [0.15, 0.2) is 11.5 Å². The highest BCUT2D eigenvalue weighted by Gasteiger charge is 2.30. The molecule has 45 heavy (non-hydrogen) atoms. The molecule has 14 nitrogen and oxygen atoms in total. The summed E-state index contributed by atoms with van der Waals surface area (Å²) in [5.74, 6) is -0.584. The molecular formula is C29H36N6O8S2. The predicted molar refractivity (Wildman–Crippen MR) is 169 cm³/mol. The molecule has 2 unspecified atom stereocenters. The fourth-order valence-electron chi connectivity index (χ4n) is 4.12. The van der Waals surface area contributed by atoms with Gasteiger partial charge in [-0.1, -0.05) is 40.7 Å². The van der Waals surface area contributed by atoms with Crippen LogP contribution in [-0.4, -0.2) is 60.9 Å². The third-order valence-electron chi connectivity index (χ3n) is 6.73. The topological polar surface area (TPSA) is 175 Å². The van der Waals surface area contributed by atoms with Crippen LogP contribution in [0, 0.1) is 6.92 Å². The van der Waals surface area contributed by atoms with E-state index in [0.29, 0.717) is 22.7 Å². The summed E-state index contributed by atoms with van der Waals surface area (Å²) in [6.07, 6.45) is 0. The number of methoxy groups -OCH3 is 2. The molecule has 2 heterocycles. The van der Waals surface area contributed by atoms with E-state index in [-0.39, 0.29) is 34.6 Å². The van der Waals surface area contributed by atoms with E-state index in [1.807, 2.05) is 24.4 Å². The van der Waals surface area contributed by atoms with Crippen molar-refractivity contribution in [1.29, 1.82) is 0 Å². The number of benzene rings is 2. The molecule has 0 radical (unpaired) electrons. The lowest BCUT2D eigenvalue weighted by Crippen LogP contribution is -2.37. The molecule has 4 rings (SSSR count). The number of rotatable bonds is 12.